The fourth-order valence-electron chi connectivity index (χ4n) is 7.35. The van der Waals surface area contributed by atoms with E-state index in [-0.39, 0.29) is 59.3 Å². The van der Waals surface area contributed by atoms with Gasteiger partial charge in [-0.15, -0.1) is 0 Å². The molecule has 2 fully saturated rings. The fourth-order valence-corrected chi connectivity index (χ4v) is 9.55. The summed E-state index contributed by atoms with van der Waals surface area (Å²) in [5.74, 6) is -1.48. The molecule has 1 saturated heterocycles. The number of nitrogens with one attached hydrogen (secondary N) is 4. The molecule has 86 heavy (non-hydrogen) atoms. The van der Waals surface area contributed by atoms with E-state index in [1.54, 1.807) is 18.7 Å². The van der Waals surface area contributed by atoms with Gasteiger partial charge >= 0.3 is 50.6 Å². The molecule has 6 heterocycles. The molecule has 0 bridgehead atoms. The van der Waals surface area contributed by atoms with Crippen LogP contribution in [0.3, 0.4) is 0 Å². The number of aryl methyl sites for hydroxylation is 1. The highest BCUT2D eigenvalue weighted by Crippen LogP contribution is 2.21. The molecule has 5 amide bonds. The van der Waals surface area contributed by atoms with Crippen LogP contribution in [-0.4, -0.2) is 138 Å². The molecule has 7 rings (SSSR count). The van der Waals surface area contributed by atoms with Gasteiger partial charge in [0.15, 0.2) is 17.3 Å². The molecule has 9 N–H and O–H groups in total. The van der Waals surface area contributed by atoms with Crippen molar-refractivity contribution in [3.63, 3.8) is 0 Å². The molecule has 30 nitrogen and oxygen atoms in total. The van der Waals surface area contributed by atoms with E-state index in [0.29, 0.717) is 38.4 Å². The van der Waals surface area contributed by atoms with Crippen molar-refractivity contribution in [2.24, 2.45) is 0 Å². The summed E-state index contributed by atoms with van der Waals surface area (Å²) in [6.07, 6.45) is 15.1. The minimum Gasteiger partial charge on any atom is -0.447 e. The van der Waals surface area contributed by atoms with Crippen LogP contribution >= 0.6 is 0 Å². The maximum Gasteiger partial charge on any atom is 0.328 e. The lowest BCUT2D eigenvalue weighted by Gasteiger charge is -2.25. The lowest BCUT2D eigenvalue weighted by Crippen LogP contribution is -2.35. The molecular weight excluding hydrogens is 1240 g/mol. The molecule has 1 aliphatic heterocycles. The molecule has 0 radical (unpaired) electrons. The molecule has 1 saturated carbocycles. The summed E-state index contributed by atoms with van der Waals surface area (Å²) in [6.45, 7) is 10.1. The minimum absolute atomic E-state index is 0.0560. The summed E-state index contributed by atoms with van der Waals surface area (Å²) >= 11 is 0. The molecule has 1 aliphatic carbocycles. The van der Waals surface area contributed by atoms with Gasteiger partial charge in [0.25, 0.3) is 17.7 Å². The average molecular weight is 1310 g/mol. The number of likely N-dealkylation sites (tertiary alicyclic amines) is 1. The van der Waals surface area contributed by atoms with E-state index in [4.69, 9.17) is 40.4 Å². The van der Waals surface area contributed by atoms with Crippen molar-refractivity contribution in [2.75, 3.05) is 26.2 Å². The van der Waals surface area contributed by atoms with Gasteiger partial charge in [0.2, 0.25) is 37.3 Å². The topological polar surface area (TPSA) is 474 Å². The molecule has 0 spiro atoms. The molecule has 0 unspecified atom stereocenters. The monoisotopic (exact) mass is 1310 g/mol. The molecule has 5 aromatic heterocycles. The summed E-state index contributed by atoms with van der Waals surface area (Å²) in [4.78, 5) is 59.3. The number of hydrogen-bond donors (Lipinski definition) is 9. The van der Waals surface area contributed by atoms with Crippen molar-refractivity contribution in [1.82, 2.24) is 26.2 Å². The van der Waals surface area contributed by atoms with Crippen LogP contribution in [-0.2, 0) is 66.6 Å². The van der Waals surface area contributed by atoms with Gasteiger partial charge in [-0.05, 0) is 126 Å². The summed E-state index contributed by atoms with van der Waals surface area (Å²) in [6, 6.07) is 11.9. The Kier molecular flexibility index (Phi) is 29.3. The van der Waals surface area contributed by atoms with Crippen LogP contribution in [0.4, 0.5) is 0 Å². The zero-order valence-electron chi connectivity index (χ0n) is 47.2. The van der Waals surface area contributed by atoms with Crippen LogP contribution < -0.4 is 21.3 Å². The number of carbonyl (C=O) groups is 5. The van der Waals surface area contributed by atoms with Crippen LogP contribution in [0.15, 0.2) is 114 Å². The zero-order chi connectivity index (χ0) is 64.5. The van der Waals surface area contributed by atoms with Gasteiger partial charge in [-0.3, -0.25) is 46.7 Å². The van der Waals surface area contributed by atoms with Crippen LogP contribution in [0.1, 0.15) is 154 Å². The standard InChI is InChI=1S/C11H15NO5S.C11H17NO5S.C11H15NO5S.C10H13NO5S.C8H11NO5S/c13-11(12-8-4-2-1-3-5-8)9-6-7-10(17-9)18(14,15)16;2*1-2-3-8-12-10(13)6-4-9-5-7-11(17-9)18(14,15)16;12-10(11-6-2-1-3-7-11)8-4-5-9(16-8)17(13,14)15;1-5(2)9-8(10)6-3-4-7(14-6)15(11,12)13/h6-8H,1-5H2,(H,12,13)(H,14,15,16);5,7H,2-4,6,8H2,1H3,(H,12,13)(H,14,15,16);4-7H,2-3,8H2,1H3,(H,12,13)(H,14,15,16);4-5H,1-3,6-7H2,(H,13,14,15);3-5H,1-2H3,(H,9,10)(H,11,12,13). The maximum atomic E-state index is 11.9. The molecular formula is C51H71N5O25S5. The largest absolute Gasteiger partial charge is 0.447 e. The lowest BCUT2D eigenvalue weighted by atomic mass is 9.95. The predicted molar refractivity (Wildman–Crippen MR) is 302 cm³/mol. The van der Waals surface area contributed by atoms with Crippen LogP contribution in [0.25, 0.3) is 6.08 Å². The molecule has 0 atom stereocenters. The summed E-state index contributed by atoms with van der Waals surface area (Å²) in [5.41, 5.74) is 0. The van der Waals surface area contributed by atoms with E-state index in [2.05, 4.69) is 25.7 Å². The normalized spacial score (nSPS) is 14.0. The Morgan fingerprint density at radius 2 is 0.977 bits per heavy atom. The number of unbranched alkanes of at least 4 members (excludes halogenated alkanes) is 2. The Bertz CT molecular complexity index is 3620. The molecule has 5 aromatic rings. The van der Waals surface area contributed by atoms with E-state index in [9.17, 15) is 66.1 Å². The van der Waals surface area contributed by atoms with E-state index < -0.39 is 87.9 Å². The lowest BCUT2D eigenvalue weighted by molar-refractivity contribution is -0.121. The van der Waals surface area contributed by atoms with E-state index in [1.807, 2.05) is 13.8 Å². The van der Waals surface area contributed by atoms with Gasteiger partial charge in [-0.2, -0.15) is 42.1 Å². The molecule has 35 heteroatoms. The number of nitrogens with zero attached hydrogens (tertiary/aromatic N) is 1. The Morgan fingerprint density at radius 1 is 0.547 bits per heavy atom. The summed E-state index contributed by atoms with van der Waals surface area (Å²) in [5, 5.41) is 7.80. The van der Waals surface area contributed by atoms with Crippen LogP contribution in [0.5, 0.6) is 0 Å². The van der Waals surface area contributed by atoms with Crippen LogP contribution in [0, 0.1) is 0 Å². The molecule has 480 valence electrons. The highest BCUT2D eigenvalue weighted by atomic mass is 32.2. The van der Waals surface area contributed by atoms with Gasteiger partial charge in [0.05, 0.1) is 0 Å². The first-order valence-corrected chi connectivity index (χ1v) is 33.8. The Hall–Kier alpha value is -6.96. The van der Waals surface area contributed by atoms with Crippen molar-refractivity contribution in [1.29, 1.82) is 0 Å². The van der Waals surface area contributed by atoms with Crippen molar-refractivity contribution in [3.05, 3.63) is 95.5 Å². The Morgan fingerprint density at radius 3 is 1.44 bits per heavy atom. The summed E-state index contributed by atoms with van der Waals surface area (Å²) in [7, 11) is -21.8. The number of hydrogen-bond acceptors (Lipinski definition) is 20. The third kappa shape index (κ3) is 27.2. The molecule has 2 aliphatic rings. The van der Waals surface area contributed by atoms with Crippen molar-refractivity contribution >= 4 is 86.2 Å². The van der Waals surface area contributed by atoms with Crippen molar-refractivity contribution < 1.29 is 111 Å². The Balaban J connectivity index is 0.000000282. The quantitative estimate of drug-likeness (QED) is 0.0223. The zero-order valence-corrected chi connectivity index (χ0v) is 51.3. The first kappa shape index (κ1) is 73.3. The average Bonchev–Trinajstić information content (AvgIpc) is 4.40. The van der Waals surface area contributed by atoms with E-state index in [0.717, 1.165) is 94.9 Å². The van der Waals surface area contributed by atoms with Gasteiger partial charge in [0, 0.05) is 57.2 Å². The second kappa shape index (κ2) is 34.4. The summed E-state index contributed by atoms with van der Waals surface area (Å²) < 4.78 is 175. The fraction of sp³-hybridized carbons (Fsp3) is 0.471. The van der Waals surface area contributed by atoms with Crippen molar-refractivity contribution in [3.8, 4) is 0 Å². The Labute approximate surface area is 497 Å². The number of piperidine rings is 1. The number of amides is 5. The predicted octanol–water partition coefficient (Wildman–Crippen LogP) is 6.24. The highest BCUT2D eigenvalue weighted by Gasteiger charge is 2.25. The SMILES string of the molecule is CC(C)NC(=O)c1ccc(S(=O)(=O)O)o1.CCCCNC(=O)C=Cc1ccc(S(=O)(=O)O)o1.CCCCNC(=O)CCc1ccc(S(=O)(=O)O)o1.O=C(NC1CCCCC1)c1ccc(S(=O)(=O)O)o1.O=C(c1ccc(S(=O)(=O)O)o1)N1CCCCC1. The van der Waals surface area contributed by atoms with Gasteiger partial charge in [0.1, 0.15) is 11.5 Å². The third-order valence-electron chi connectivity index (χ3n) is 11.6. The number of carbonyl (C=O) groups excluding carboxylic acids is 5. The second-order valence-corrected chi connectivity index (χ2v) is 25.8. The maximum absolute atomic E-state index is 11.9. The molecule has 0 aromatic carbocycles. The first-order valence-electron chi connectivity index (χ1n) is 26.6. The highest BCUT2D eigenvalue weighted by molar-refractivity contribution is 7.86. The first-order chi connectivity index (χ1) is 40.1. The van der Waals surface area contributed by atoms with Crippen molar-refractivity contribution in [2.45, 2.75) is 155 Å². The number of furan rings is 5. The van der Waals surface area contributed by atoms with Gasteiger partial charge in [-0.25, -0.2) is 0 Å². The van der Waals surface area contributed by atoms with Gasteiger partial charge < -0.3 is 48.3 Å². The second-order valence-electron chi connectivity index (χ2n) is 19.1. The van der Waals surface area contributed by atoms with E-state index >= 15 is 0 Å². The number of rotatable bonds is 21. The van der Waals surface area contributed by atoms with Crippen LogP contribution in [0.2, 0.25) is 0 Å². The van der Waals surface area contributed by atoms with E-state index in [1.165, 1.54) is 55.0 Å². The minimum atomic E-state index is -4.40. The smallest absolute Gasteiger partial charge is 0.328 e. The van der Waals surface area contributed by atoms with Gasteiger partial charge in [-0.1, -0.05) is 46.0 Å². The third-order valence-corrected chi connectivity index (χ3v) is 15.2.